The summed E-state index contributed by atoms with van der Waals surface area (Å²) in [6, 6.07) is 0. The van der Waals surface area contributed by atoms with E-state index in [0.717, 1.165) is 38.4 Å². The van der Waals surface area contributed by atoms with Gasteiger partial charge in [0.2, 0.25) is 0 Å². The van der Waals surface area contributed by atoms with Crippen LogP contribution < -0.4 is 0 Å². The van der Waals surface area contributed by atoms with Crippen LogP contribution in [0.3, 0.4) is 0 Å². The maximum atomic E-state index is 13.4. The lowest BCUT2D eigenvalue weighted by Gasteiger charge is -2.56. The van der Waals surface area contributed by atoms with Gasteiger partial charge in [0.05, 0.1) is 37.8 Å². The molecule has 0 amide bonds. The van der Waals surface area contributed by atoms with Crippen LogP contribution in [0.15, 0.2) is 0 Å². The van der Waals surface area contributed by atoms with Gasteiger partial charge in [-0.2, -0.15) is 0 Å². The molecule has 9 heteroatoms. The van der Waals surface area contributed by atoms with E-state index in [1.807, 2.05) is 6.92 Å². The van der Waals surface area contributed by atoms with Gasteiger partial charge in [-0.15, -0.1) is 0 Å². The summed E-state index contributed by atoms with van der Waals surface area (Å²) in [4.78, 5) is 39.7. The maximum absolute atomic E-state index is 13.4. The number of hydrogen-bond acceptors (Lipinski definition) is 7. The summed E-state index contributed by atoms with van der Waals surface area (Å²) >= 11 is 0. The largest absolute Gasteiger partial charge is 0.469 e. The van der Waals surface area contributed by atoms with Crippen LogP contribution in [0.5, 0.6) is 0 Å². The lowest BCUT2D eigenvalue weighted by molar-refractivity contribution is -0.187. The second-order valence-electron chi connectivity index (χ2n) is 14.5. The molecule has 0 aliphatic heterocycles. The summed E-state index contributed by atoms with van der Waals surface area (Å²) < 4.78 is 24.0. The molecule has 0 N–H and O–H groups in total. The van der Waals surface area contributed by atoms with Crippen molar-refractivity contribution in [3.05, 3.63) is 0 Å². The minimum Gasteiger partial charge on any atom is -0.469 e. The van der Waals surface area contributed by atoms with Crippen molar-refractivity contribution < 1.29 is 32.7 Å². The third kappa shape index (κ3) is 5.52. The van der Waals surface area contributed by atoms with E-state index in [0.29, 0.717) is 19.4 Å². The summed E-state index contributed by atoms with van der Waals surface area (Å²) in [6.07, 6.45) is 6.34. The highest BCUT2D eigenvalue weighted by atomic mass is 28.4. The highest BCUT2D eigenvalue weighted by Crippen LogP contribution is 2.68. The predicted molar refractivity (Wildman–Crippen MR) is 148 cm³/mol. The SMILES string of the molecule is COC(=O)[C@H]1[C@](C)([C@@H]2CCC3C[C@@]2(C=O)C[C@@]3(CO[Si](C)(C)C)O[Si](C)(C)C)CCC[C@@]1(C)C(=O)OC. The Kier molecular flexibility index (Phi) is 8.39. The van der Waals surface area contributed by atoms with Crippen molar-refractivity contribution in [1.29, 1.82) is 0 Å². The van der Waals surface area contributed by atoms with Gasteiger partial charge in [-0.1, -0.05) is 13.3 Å². The van der Waals surface area contributed by atoms with Gasteiger partial charge in [-0.05, 0) is 102 Å². The molecule has 212 valence electrons. The van der Waals surface area contributed by atoms with Crippen LogP contribution in [0.1, 0.15) is 58.8 Å². The normalized spacial score (nSPS) is 40.2. The molecule has 3 aliphatic carbocycles. The number of hydrogen-bond donors (Lipinski definition) is 0. The third-order valence-electron chi connectivity index (χ3n) is 9.58. The molecule has 2 bridgehead atoms. The van der Waals surface area contributed by atoms with Gasteiger partial charge in [0.25, 0.3) is 0 Å². The van der Waals surface area contributed by atoms with Gasteiger partial charge >= 0.3 is 11.9 Å². The van der Waals surface area contributed by atoms with Crippen LogP contribution >= 0.6 is 0 Å². The van der Waals surface area contributed by atoms with Crippen molar-refractivity contribution in [2.45, 2.75) is 104 Å². The number of esters is 2. The summed E-state index contributed by atoms with van der Waals surface area (Å²) in [5.41, 5.74) is -2.73. The van der Waals surface area contributed by atoms with E-state index in [-0.39, 0.29) is 23.8 Å². The van der Waals surface area contributed by atoms with Gasteiger partial charge in [0.15, 0.2) is 16.6 Å². The Morgan fingerprint density at radius 2 is 1.59 bits per heavy atom. The highest BCUT2D eigenvalue weighted by Gasteiger charge is 2.69. The number of methoxy groups -OCH3 is 2. The molecule has 0 spiro atoms. The lowest BCUT2D eigenvalue weighted by atomic mass is 9.46. The molecule has 3 fully saturated rings. The van der Waals surface area contributed by atoms with E-state index < -0.39 is 44.4 Å². The Balaban J connectivity index is 2.10. The highest BCUT2D eigenvalue weighted by molar-refractivity contribution is 6.70. The first kappa shape index (κ1) is 30.5. The van der Waals surface area contributed by atoms with Gasteiger partial charge in [0, 0.05) is 5.41 Å². The van der Waals surface area contributed by atoms with Crippen LogP contribution in [0.4, 0.5) is 0 Å². The molecule has 7 nitrogen and oxygen atoms in total. The van der Waals surface area contributed by atoms with Crippen LogP contribution in [0.25, 0.3) is 0 Å². The van der Waals surface area contributed by atoms with Crippen molar-refractivity contribution in [3.63, 3.8) is 0 Å². The van der Waals surface area contributed by atoms with Crippen molar-refractivity contribution in [2.75, 3.05) is 20.8 Å². The molecule has 3 saturated carbocycles. The first-order valence-corrected chi connectivity index (χ1v) is 20.7. The zero-order valence-electron chi connectivity index (χ0n) is 24.8. The van der Waals surface area contributed by atoms with Crippen molar-refractivity contribution >= 4 is 34.9 Å². The number of carbonyl (C=O) groups excluding carboxylic acids is 3. The molecule has 0 aromatic carbocycles. The lowest BCUT2D eigenvalue weighted by Crippen LogP contribution is -2.58. The Hall–Kier alpha value is -1.04. The molecule has 3 rings (SSSR count). The molecule has 0 radical (unpaired) electrons. The number of carbonyl (C=O) groups is 3. The molecule has 0 aromatic heterocycles. The number of aldehydes is 1. The van der Waals surface area contributed by atoms with Crippen LogP contribution in [0.2, 0.25) is 39.3 Å². The molecule has 1 unspecified atom stereocenters. The summed E-state index contributed by atoms with van der Waals surface area (Å²) in [7, 11) is -1.03. The Bertz CT molecular complexity index is 896. The van der Waals surface area contributed by atoms with Gasteiger partial charge in [0.1, 0.15) is 6.29 Å². The zero-order valence-corrected chi connectivity index (χ0v) is 26.8. The average molecular weight is 555 g/mol. The van der Waals surface area contributed by atoms with Crippen molar-refractivity contribution in [3.8, 4) is 0 Å². The summed E-state index contributed by atoms with van der Waals surface area (Å²) in [5, 5.41) is 0. The monoisotopic (exact) mass is 554 g/mol. The van der Waals surface area contributed by atoms with E-state index in [1.54, 1.807) is 0 Å². The van der Waals surface area contributed by atoms with Crippen molar-refractivity contribution in [2.24, 2.45) is 34.0 Å². The molecule has 0 aromatic rings. The van der Waals surface area contributed by atoms with E-state index in [9.17, 15) is 14.4 Å². The maximum Gasteiger partial charge on any atom is 0.312 e. The van der Waals surface area contributed by atoms with Gasteiger partial charge in [-0.3, -0.25) is 9.59 Å². The standard InChI is InChI=1S/C28H50O7Si2/c1-25(14-11-15-26(2,24(31)33-4)22(25)23(30)32-3)21-13-12-20-16-27(21,18-29)17-28(20,35-37(8,9)10)19-34-36(5,6)7/h18,20-22H,11-17,19H2,1-10H3/t20?,21-,22-,25-,26+,27-,28-/m0/s1. The van der Waals surface area contributed by atoms with Gasteiger partial charge in [-0.25, -0.2) is 0 Å². The molecule has 7 atom stereocenters. The van der Waals surface area contributed by atoms with Crippen LogP contribution in [-0.2, 0) is 32.7 Å². The minimum absolute atomic E-state index is 0.0684. The molecule has 3 aliphatic rings. The molecule has 37 heavy (non-hydrogen) atoms. The fraction of sp³-hybridized carbons (Fsp3) is 0.893. The number of rotatable bonds is 9. The fourth-order valence-electron chi connectivity index (χ4n) is 8.46. The second kappa shape index (κ2) is 10.2. The Labute approximate surface area is 226 Å². The van der Waals surface area contributed by atoms with Crippen molar-refractivity contribution in [1.82, 2.24) is 0 Å². The number of fused-ring (bicyclic) bond motifs is 2. The second-order valence-corrected chi connectivity index (χ2v) is 23.4. The topological polar surface area (TPSA) is 88.1 Å². The summed E-state index contributed by atoms with van der Waals surface area (Å²) in [6.45, 7) is 17.6. The quantitative estimate of drug-likeness (QED) is 0.208. The number of ether oxygens (including phenoxy) is 2. The summed E-state index contributed by atoms with van der Waals surface area (Å²) in [5.74, 6) is -1.29. The van der Waals surface area contributed by atoms with E-state index in [4.69, 9.17) is 18.3 Å². The smallest absolute Gasteiger partial charge is 0.312 e. The third-order valence-corrected chi connectivity index (χ3v) is 11.6. The van der Waals surface area contributed by atoms with Gasteiger partial charge < -0.3 is 23.1 Å². The molecular formula is C28H50O7Si2. The molecule has 0 heterocycles. The average Bonchev–Trinajstić information content (AvgIpc) is 3.02. The van der Waals surface area contributed by atoms with Crippen LogP contribution in [-0.4, -0.2) is 61.3 Å². The zero-order chi connectivity index (χ0) is 28.1. The first-order chi connectivity index (χ1) is 16.9. The van der Waals surface area contributed by atoms with Crippen LogP contribution in [0, 0.1) is 34.0 Å². The minimum atomic E-state index is -1.97. The van der Waals surface area contributed by atoms with E-state index in [1.165, 1.54) is 14.2 Å². The fourth-order valence-corrected chi connectivity index (χ4v) is 10.7. The predicted octanol–water partition coefficient (Wildman–Crippen LogP) is 5.59. The molecule has 0 saturated heterocycles. The Morgan fingerprint density at radius 3 is 2.11 bits per heavy atom. The van der Waals surface area contributed by atoms with E-state index in [2.05, 4.69) is 46.2 Å². The first-order valence-electron chi connectivity index (χ1n) is 13.9. The van der Waals surface area contributed by atoms with E-state index >= 15 is 0 Å². The Morgan fingerprint density at radius 1 is 0.946 bits per heavy atom. The molecular weight excluding hydrogens is 504 g/mol.